The van der Waals surface area contributed by atoms with Crippen molar-refractivity contribution in [2.24, 2.45) is 0 Å². The Labute approximate surface area is 154 Å². The van der Waals surface area contributed by atoms with Crippen molar-refractivity contribution in [3.05, 3.63) is 30.0 Å². The van der Waals surface area contributed by atoms with Gasteiger partial charge in [0.15, 0.2) is 11.5 Å². The first-order valence-corrected chi connectivity index (χ1v) is 8.61. The molecule has 1 amide bonds. The smallest absolute Gasteiger partial charge is 0.263 e. The Bertz CT molecular complexity index is 638. The minimum atomic E-state index is -0.422. The summed E-state index contributed by atoms with van der Waals surface area (Å²) in [5.41, 5.74) is 0.666. The zero-order valence-corrected chi connectivity index (χ0v) is 15.6. The third kappa shape index (κ3) is 7.45. The van der Waals surface area contributed by atoms with E-state index in [1.165, 1.54) is 13.3 Å². The summed E-state index contributed by atoms with van der Waals surface area (Å²) in [6.07, 6.45) is 4.21. The number of benzene rings is 1. The van der Waals surface area contributed by atoms with Gasteiger partial charge in [0.2, 0.25) is 0 Å². The molecular weight excluding hydrogens is 334 g/mol. The van der Waals surface area contributed by atoms with Crippen LogP contribution in [0, 0.1) is 11.3 Å². The number of nitrogens with one attached hydrogen (secondary N) is 2. The van der Waals surface area contributed by atoms with E-state index in [2.05, 4.69) is 17.6 Å². The molecule has 0 saturated heterocycles. The van der Waals surface area contributed by atoms with Gasteiger partial charge in [-0.15, -0.1) is 0 Å². The van der Waals surface area contributed by atoms with E-state index in [1.54, 1.807) is 25.3 Å². The van der Waals surface area contributed by atoms with Crippen LogP contribution in [0.5, 0.6) is 11.5 Å². The first-order chi connectivity index (χ1) is 12.7. The number of methoxy groups -OCH3 is 2. The number of nitrogens with zero attached hydrogens (tertiary/aromatic N) is 1. The van der Waals surface area contributed by atoms with Crippen molar-refractivity contribution >= 4 is 11.6 Å². The van der Waals surface area contributed by atoms with Crippen molar-refractivity contribution in [3.63, 3.8) is 0 Å². The molecule has 0 fully saturated rings. The van der Waals surface area contributed by atoms with Gasteiger partial charge in [-0.05, 0) is 25.0 Å². The van der Waals surface area contributed by atoms with Gasteiger partial charge in [-0.3, -0.25) is 4.79 Å². The summed E-state index contributed by atoms with van der Waals surface area (Å²) in [7, 11) is 3.09. The fraction of sp³-hybridized carbons (Fsp3) is 0.474. The van der Waals surface area contributed by atoms with Crippen LogP contribution < -0.4 is 20.1 Å². The SMILES string of the molecule is CCCCOCCCNC(=O)/C(C#N)=C\Nc1ccc(OC)c(OC)c1. The Kier molecular flexibility index (Phi) is 10.3. The summed E-state index contributed by atoms with van der Waals surface area (Å²) in [6.45, 7) is 3.90. The van der Waals surface area contributed by atoms with Crippen LogP contribution in [0.1, 0.15) is 26.2 Å². The molecule has 0 aliphatic carbocycles. The lowest BCUT2D eigenvalue weighted by Gasteiger charge is -2.10. The third-order valence-corrected chi connectivity index (χ3v) is 3.53. The molecule has 0 aliphatic rings. The minimum Gasteiger partial charge on any atom is -0.493 e. The zero-order chi connectivity index (χ0) is 19.2. The number of unbranched alkanes of at least 4 members (excludes halogenated alkanes) is 1. The first kappa shape index (κ1) is 21.3. The van der Waals surface area contributed by atoms with Gasteiger partial charge in [-0.25, -0.2) is 0 Å². The van der Waals surface area contributed by atoms with Gasteiger partial charge in [0, 0.05) is 37.7 Å². The highest BCUT2D eigenvalue weighted by Crippen LogP contribution is 2.29. The molecule has 0 atom stereocenters. The molecule has 0 aromatic heterocycles. The molecule has 1 aromatic carbocycles. The molecule has 0 saturated carbocycles. The molecular formula is C19H27N3O4. The number of carbonyl (C=O) groups excluding carboxylic acids is 1. The number of hydrogen-bond acceptors (Lipinski definition) is 6. The Morgan fingerprint density at radius 1 is 1.19 bits per heavy atom. The highest BCUT2D eigenvalue weighted by atomic mass is 16.5. The van der Waals surface area contributed by atoms with Crippen LogP contribution in [-0.2, 0) is 9.53 Å². The summed E-state index contributed by atoms with van der Waals surface area (Å²) >= 11 is 0. The molecule has 2 N–H and O–H groups in total. The van der Waals surface area contributed by atoms with Crippen LogP contribution in [0.4, 0.5) is 5.69 Å². The Morgan fingerprint density at radius 3 is 2.58 bits per heavy atom. The predicted molar refractivity (Wildman–Crippen MR) is 100 cm³/mol. The van der Waals surface area contributed by atoms with E-state index in [4.69, 9.17) is 19.5 Å². The van der Waals surface area contributed by atoms with E-state index in [0.717, 1.165) is 19.4 Å². The maximum absolute atomic E-state index is 12.0. The maximum Gasteiger partial charge on any atom is 0.263 e. The fourth-order valence-electron chi connectivity index (χ4n) is 2.05. The summed E-state index contributed by atoms with van der Waals surface area (Å²) in [4.78, 5) is 12.0. The van der Waals surface area contributed by atoms with Crippen molar-refractivity contribution in [1.29, 1.82) is 5.26 Å². The number of amides is 1. The van der Waals surface area contributed by atoms with Crippen LogP contribution in [-0.4, -0.2) is 39.9 Å². The van der Waals surface area contributed by atoms with Gasteiger partial charge in [-0.1, -0.05) is 13.3 Å². The normalized spacial score (nSPS) is 10.8. The highest BCUT2D eigenvalue weighted by molar-refractivity contribution is 5.97. The Hall–Kier alpha value is -2.72. The number of anilines is 1. The largest absolute Gasteiger partial charge is 0.493 e. The van der Waals surface area contributed by atoms with Crippen LogP contribution in [0.15, 0.2) is 30.0 Å². The number of hydrogen-bond donors (Lipinski definition) is 2. The third-order valence-electron chi connectivity index (χ3n) is 3.53. The van der Waals surface area contributed by atoms with E-state index >= 15 is 0 Å². The molecule has 0 radical (unpaired) electrons. The van der Waals surface area contributed by atoms with Gasteiger partial charge in [0.25, 0.3) is 5.91 Å². The number of ether oxygens (including phenoxy) is 3. The van der Waals surface area contributed by atoms with Crippen molar-refractivity contribution in [1.82, 2.24) is 5.32 Å². The van der Waals surface area contributed by atoms with E-state index in [1.807, 2.05) is 6.07 Å². The second-order valence-electron chi connectivity index (χ2n) is 5.46. The molecule has 0 bridgehead atoms. The van der Waals surface area contributed by atoms with Crippen LogP contribution in [0.2, 0.25) is 0 Å². The summed E-state index contributed by atoms with van der Waals surface area (Å²) in [5.74, 6) is 0.729. The second-order valence-corrected chi connectivity index (χ2v) is 5.46. The van der Waals surface area contributed by atoms with E-state index < -0.39 is 5.91 Å². The van der Waals surface area contributed by atoms with Crippen molar-refractivity contribution in [2.45, 2.75) is 26.2 Å². The lowest BCUT2D eigenvalue weighted by atomic mass is 10.2. The number of rotatable bonds is 12. The summed E-state index contributed by atoms with van der Waals surface area (Å²) < 4.78 is 15.8. The monoisotopic (exact) mass is 361 g/mol. The van der Waals surface area contributed by atoms with Crippen LogP contribution >= 0.6 is 0 Å². The molecule has 0 unspecified atom stereocenters. The van der Waals surface area contributed by atoms with Crippen LogP contribution in [0.25, 0.3) is 0 Å². The molecule has 26 heavy (non-hydrogen) atoms. The van der Waals surface area contributed by atoms with E-state index in [-0.39, 0.29) is 5.57 Å². The Morgan fingerprint density at radius 2 is 1.92 bits per heavy atom. The molecule has 7 nitrogen and oxygen atoms in total. The molecule has 1 rings (SSSR count). The lowest BCUT2D eigenvalue weighted by Crippen LogP contribution is -2.26. The van der Waals surface area contributed by atoms with Crippen molar-refractivity contribution in [3.8, 4) is 17.6 Å². The first-order valence-electron chi connectivity index (χ1n) is 8.61. The molecule has 0 aliphatic heterocycles. The van der Waals surface area contributed by atoms with Gasteiger partial charge in [0.05, 0.1) is 14.2 Å². The maximum atomic E-state index is 12.0. The van der Waals surface area contributed by atoms with Crippen LogP contribution in [0.3, 0.4) is 0 Å². The van der Waals surface area contributed by atoms with Crippen molar-refractivity contribution in [2.75, 3.05) is 39.3 Å². The van der Waals surface area contributed by atoms with E-state index in [0.29, 0.717) is 36.8 Å². The average Bonchev–Trinajstić information content (AvgIpc) is 2.67. The molecule has 142 valence electrons. The number of carbonyl (C=O) groups is 1. The van der Waals surface area contributed by atoms with Gasteiger partial charge in [-0.2, -0.15) is 5.26 Å². The molecule has 7 heteroatoms. The lowest BCUT2D eigenvalue weighted by molar-refractivity contribution is -0.117. The topological polar surface area (TPSA) is 92.6 Å². The van der Waals surface area contributed by atoms with Gasteiger partial charge >= 0.3 is 0 Å². The summed E-state index contributed by atoms with van der Waals surface area (Å²) in [6, 6.07) is 7.11. The summed E-state index contributed by atoms with van der Waals surface area (Å²) in [5, 5.41) is 14.8. The standard InChI is InChI=1S/C19H27N3O4/c1-4-5-10-26-11-6-9-21-19(23)15(13-20)14-22-16-7-8-17(24-2)18(12-16)25-3/h7-8,12,14,22H,4-6,9-11H2,1-3H3,(H,21,23)/b15-14-. The second kappa shape index (κ2) is 12.6. The predicted octanol–water partition coefficient (Wildman–Crippen LogP) is 2.85. The molecule has 0 spiro atoms. The average molecular weight is 361 g/mol. The van der Waals surface area contributed by atoms with E-state index in [9.17, 15) is 4.79 Å². The van der Waals surface area contributed by atoms with Gasteiger partial charge < -0.3 is 24.8 Å². The Balaban J connectivity index is 2.49. The van der Waals surface area contributed by atoms with Gasteiger partial charge in [0.1, 0.15) is 11.6 Å². The van der Waals surface area contributed by atoms with Crippen molar-refractivity contribution < 1.29 is 19.0 Å². The highest BCUT2D eigenvalue weighted by Gasteiger charge is 2.09. The number of nitriles is 1. The quantitative estimate of drug-likeness (QED) is 0.338. The zero-order valence-electron chi connectivity index (χ0n) is 15.6. The molecule has 1 aromatic rings. The molecule has 0 heterocycles. The fourth-order valence-corrected chi connectivity index (χ4v) is 2.05. The minimum absolute atomic E-state index is 0.00770.